The minimum absolute atomic E-state index is 0.386. The second-order valence-electron chi connectivity index (χ2n) is 5.96. The van der Waals surface area contributed by atoms with Crippen molar-refractivity contribution in [3.05, 3.63) is 71.3 Å². The standard InChI is InChI=1S/C18H19N/c1-2-6-14(7-3-1)16-12-18(10-11-19-13-18)17-9-5-4-8-15(16)17/h1-9,16,19H,10-13H2/t16-,18+/m0/s1. The Balaban J connectivity index is 1.84. The minimum atomic E-state index is 0.386. The lowest BCUT2D eigenvalue weighted by Gasteiger charge is -2.23. The Morgan fingerprint density at radius 1 is 0.947 bits per heavy atom. The molecule has 0 unspecified atom stereocenters. The van der Waals surface area contributed by atoms with E-state index < -0.39 is 0 Å². The summed E-state index contributed by atoms with van der Waals surface area (Å²) in [4.78, 5) is 0. The van der Waals surface area contributed by atoms with E-state index in [2.05, 4.69) is 59.9 Å². The Kier molecular flexibility index (Phi) is 2.49. The van der Waals surface area contributed by atoms with Gasteiger partial charge in [0.2, 0.25) is 0 Å². The predicted octanol–water partition coefficient (Wildman–Crippen LogP) is 3.45. The zero-order chi connectivity index (χ0) is 12.7. The number of hydrogen-bond acceptors (Lipinski definition) is 1. The van der Waals surface area contributed by atoms with E-state index in [9.17, 15) is 0 Å². The Bertz CT molecular complexity index is 582. The van der Waals surface area contributed by atoms with Crippen LogP contribution in [-0.2, 0) is 5.41 Å². The summed E-state index contributed by atoms with van der Waals surface area (Å²) in [5.41, 5.74) is 5.00. The van der Waals surface area contributed by atoms with Crippen LogP contribution in [-0.4, -0.2) is 13.1 Å². The molecule has 0 aromatic heterocycles. The van der Waals surface area contributed by atoms with Crippen molar-refractivity contribution < 1.29 is 0 Å². The van der Waals surface area contributed by atoms with Gasteiger partial charge >= 0.3 is 0 Å². The van der Waals surface area contributed by atoms with Gasteiger partial charge in [-0.2, -0.15) is 0 Å². The van der Waals surface area contributed by atoms with Crippen molar-refractivity contribution in [2.75, 3.05) is 13.1 Å². The summed E-state index contributed by atoms with van der Waals surface area (Å²) in [6.07, 6.45) is 2.55. The van der Waals surface area contributed by atoms with E-state index >= 15 is 0 Å². The second kappa shape index (κ2) is 4.21. The third kappa shape index (κ3) is 1.65. The van der Waals surface area contributed by atoms with Crippen molar-refractivity contribution in [1.29, 1.82) is 0 Å². The van der Waals surface area contributed by atoms with Crippen LogP contribution in [0.1, 0.15) is 35.4 Å². The van der Waals surface area contributed by atoms with Crippen LogP contribution >= 0.6 is 0 Å². The van der Waals surface area contributed by atoms with Crippen molar-refractivity contribution in [3.63, 3.8) is 0 Å². The zero-order valence-corrected chi connectivity index (χ0v) is 11.1. The Morgan fingerprint density at radius 3 is 2.53 bits per heavy atom. The van der Waals surface area contributed by atoms with E-state index in [1.807, 2.05) is 0 Å². The van der Waals surface area contributed by atoms with Gasteiger partial charge in [-0.25, -0.2) is 0 Å². The first kappa shape index (κ1) is 11.2. The van der Waals surface area contributed by atoms with E-state index in [4.69, 9.17) is 0 Å². The van der Waals surface area contributed by atoms with Crippen molar-refractivity contribution in [3.8, 4) is 0 Å². The van der Waals surface area contributed by atoms with E-state index in [1.165, 1.54) is 18.4 Å². The average Bonchev–Trinajstić information content (AvgIpc) is 3.08. The van der Waals surface area contributed by atoms with Gasteiger partial charge in [0, 0.05) is 17.9 Å². The molecule has 1 saturated heterocycles. The number of benzene rings is 2. The van der Waals surface area contributed by atoms with Gasteiger partial charge in [-0.15, -0.1) is 0 Å². The van der Waals surface area contributed by atoms with E-state index in [0.717, 1.165) is 13.1 Å². The molecule has 2 aromatic rings. The SMILES string of the molecule is c1ccc([C@@H]2C[C@@]3(CCNC3)c3ccccc32)cc1. The fraction of sp³-hybridized carbons (Fsp3) is 0.333. The lowest BCUT2D eigenvalue weighted by Crippen LogP contribution is -2.26. The van der Waals surface area contributed by atoms with Crippen LogP contribution in [0.5, 0.6) is 0 Å². The monoisotopic (exact) mass is 249 g/mol. The van der Waals surface area contributed by atoms with Gasteiger partial charge < -0.3 is 5.32 Å². The van der Waals surface area contributed by atoms with E-state index in [0.29, 0.717) is 11.3 Å². The van der Waals surface area contributed by atoms with Gasteiger partial charge in [0.05, 0.1) is 0 Å². The molecular formula is C18H19N. The summed E-state index contributed by atoms with van der Waals surface area (Å²) in [6.45, 7) is 2.31. The fourth-order valence-electron chi connectivity index (χ4n) is 4.03. The van der Waals surface area contributed by atoms with E-state index in [1.54, 1.807) is 11.1 Å². The van der Waals surface area contributed by atoms with Crippen molar-refractivity contribution in [2.24, 2.45) is 0 Å². The highest BCUT2D eigenvalue weighted by atomic mass is 14.9. The molecule has 1 aliphatic carbocycles. The largest absolute Gasteiger partial charge is 0.316 e. The summed E-state index contributed by atoms with van der Waals surface area (Å²) in [5, 5.41) is 3.57. The number of rotatable bonds is 1. The summed E-state index contributed by atoms with van der Waals surface area (Å²) in [5.74, 6) is 0.581. The molecule has 1 N–H and O–H groups in total. The maximum Gasteiger partial charge on any atom is 0.0102 e. The summed E-state index contributed by atoms with van der Waals surface area (Å²) < 4.78 is 0. The summed E-state index contributed by atoms with van der Waals surface area (Å²) in [6, 6.07) is 20.1. The van der Waals surface area contributed by atoms with E-state index in [-0.39, 0.29) is 0 Å². The first-order chi connectivity index (χ1) is 9.39. The number of nitrogens with one attached hydrogen (secondary N) is 1. The molecule has 1 fully saturated rings. The molecule has 2 aliphatic rings. The van der Waals surface area contributed by atoms with Crippen LogP contribution in [0.3, 0.4) is 0 Å². The molecule has 0 radical (unpaired) electrons. The molecule has 2 atom stereocenters. The molecule has 4 rings (SSSR count). The van der Waals surface area contributed by atoms with Crippen LogP contribution in [0.2, 0.25) is 0 Å². The second-order valence-corrected chi connectivity index (χ2v) is 5.96. The third-order valence-electron chi connectivity index (χ3n) is 4.95. The Hall–Kier alpha value is -1.60. The minimum Gasteiger partial charge on any atom is -0.316 e. The molecule has 1 nitrogen and oxygen atoms in total. The lowest BCUT2D eigenvalue weighted by atomic mass is 9.80. The highest BCUT2D eigenvalue weighted by Gasteiger charge is 2.45. The molecule has 19 heavy (non-hydrogen) atoms. The van der Waals surface area contributed by atoms with Crippen LogP contribution in [0.15, 0.2) is 54.6 Å². The van der Waals surface area contributed by atoms with Crippen molar-refractivity contribution >= 4 is 0 Å². The fourth-order valence-corrected chi connectivity index (χ4v) is 4.03. The van der Waals surface area contributed by atoms with Crippen LogP contribution in [0, 0.1) is 0 Å². The normalized spacial score (nSPS) is 28.7. The van der Waals surface area contributed by atoms with Gasteiger partial charge in [-0.05, 0) is 36.1 Å². The molecule has 2 aromatic carbocycles. The average molecular weight is 249 g/mol. The highest BCUT2D eigenvalue weighted by molar-refractivity contribution is 5.48. The molecule has 96 valence electrons. The smallest absolute Gasteiger partial charge is 0.0102 e. The molecular weight excluding hydrogens is 230 g/mol. The molecule has 0 bridgehead atoms. The van der Waals surface area contributed by atoms with Gasteiger partial charge in [0.15, 0.2) is 0 Å². The maximum atomic E-state index is 3.57. The van der Waals surface area contributed by atoms with Gasteiger partial charge in [-0.1, -0.05) is 54.6 Å². The first-order valence-electron chi connectivity index (χ1n) is 7.24. The van der Waals surface area contributed by atoms with Crippen LogP contribution in [0.25, 0.3) is 0 Å². The quantitative estimate of drug-likeness (QED) is 0.816. The number of hydrogen-bond donors (Lipinski definition) is 1. The highest BCUT2D eigenvalue weighted by Crippen LogP contribution is 2.51. The van der Waals surface area contributed by atoms with Crippen LogP contribution in [0.4, 0.5) is 0 Å². The topological polar surface area (TPSA) is 12.0 Å². The zero-order valence-electron chi connectivity index (χ0n) is 11.1. The third-order valence-corrected chi connectivity index (χ3v) is 4.95. The molecule has 1 heteroatoms. The molecule has 1 heterocycles. The molecule has 0 amide bonds. The van der Waals surface area contributed by atoms with Crippen molar-refractivity contribution in [2.45, 2.75) is 24.2 Å². The molecule has 1 aliphatic heterocycles. The van der Waals surface area contributed by atoms with Gasteiger partial charge in [0.1, 0.15) is 0 Å². The van der Waals surface area contributed by atoms with Crippen molar-refractivity contribution in [1.82, 2.24) is 5.32 Å². The predicted molar refractivity (Wildman–Crippen MR) is 78.5 cm³/mol. The lowest BCUT2D eigenvalue weighted by molar-refractivity contribution is 0.451. The van der Waals surface area contributed by atoms with Crippen LogP contribution < -0.4 is 5.32 Å². The Labute approximate surface area is 114 Å². The molecule has 1 spiro atoms. The van der Waals surface area contributed by atoms with Gasteiger partial charge in [-0.3, -0.25) is 0 Å². The van der Waals surface area contributed by atoms with Gasteiger partial charge in [0.25, 0.3) is 0 Å². The Morgan fingerprint density at radius 2 is 1.74 bits per heavy atom. The summed E-state index contributed by atoms with van der Waals surface area (Å²) >= 11 is 0. The first-order valence-corrected chi connectivity index (χ1v) is 7.24. The molecule has 0 saturated carbocycles. The summed E-state index contributed by atoms with van der Waals surface area (Å²) in [7, 11) is 0. The number of fused-ring (bicyclic) bond motifs is 2. The maximum absolute atomic E-state index is 3.57.